The van der Waals surface area contributed by atoms with Crippen molar-refractivity contribution in [3.05, 3.63) is 159 Å². The molecular formula is C38H33N. The van der Waals surface area contributed by atoms with Gasteiger partial charge in [0.15, 0.2) is 0 Å². The smallest absolute Gasteiger partial charge is 0.0464 e. The van der Waals surface area contributed by atoms with Crippen molar-refractivity contribution in [2.75, 3.05) is 4.90 Å². The van der Waals surface area contributed by atoms with E-state index in [-0.39, 0.29) is 0 Å². The van der Waals surface area contributed by atoms with Crippen molar-refractivity contribution in [1.82, 2.24) is 0 Å². The van der Waals surface area contributed by atoms with Gasteiger partial charge in [0.1, 0.15) is 0 Å². The molecule has 0 N–H and O–H groups in total. The highest BCUT2D eigenvalue weighted by atomic mass is 15.1. The zero-order valence-electron chi connectivity index (χ0n) is 23.1. The third-order valence-corrected chi connectivity index (χ3v) is 7.90. The average Bonchev–Trinajstić information content (AvgIpc) is 3.11. The van der Waals surface area contributed by atoms with E-state index in [1.807, 2.05) is 0 Å². The molecule has 0 saturated heterocycles. The summed E-state index contributed by atoms with van der Waals surface area (Å²) in [6, 6.07) is 39.7. The second-order valence-corrected chi connectivity index (χ2v) is 10.5. The second-order valence-electron chi connectivity index (χ2n) is 10.5. The zero-order chi connectivity index (χ0) is 26.9. The molecule has 6 rings (SSSR count). The summed E-state index contributed by atoms with van der Waals surface area (Å²) in [4.78, 5) is 2.36. The molecule has 0 atom stereocenters. The van der Waals surface area contributed by atoms with Crippen molar-refractivity contribution in [2.24, 2.45) is 0 Å². The number of rotatable bonds is 4. The monoisotopic (exact) mass is 503 g/mol. The first-order chi connectivity index (χ1) is 19.0. The fourth-order valence-electron chi connectivity index (χ4n) is 5.32. The molecule has 1 heteroatoms. The lowest BCUT2D eigenvalue weighted by Crippen LogP contribution is -2.10. The highest BCUT2D eigenvalue weighted by Gasteiger charge is 2.16. The fraction of sp³-hybridized carbons (Fsp3) is 0.105. The molecule has 0 aromatic heterocycles. The lowest BCUT2D eigenvalue weighted by Gasteiger charge is -2.27. The van der Waals surface area contributed by atoms with Gasteiger partial charge in [-0.3, -0.25) is 0 Å². The number of nitrogens with zero attached hydrogens (tertiary/aromatic N) is 1. The minimum atomic E-state index is 1.15. The summed E-state index contributed by atoms with van der Waals surface area (Å²) < 4.78 is 0. The van der Waals surface area contributed by atoms with Crippen LogP contribution in [-0.4, -0.2) is 0 Å². The van der Waals surface area contributed by atoms with E-state index in [1.54, 1.807) is 0 Å². The zero-order valence-corrected chi connectivity index (χ0v) is 23.1. The molecule has 1 nitrogen and oxygen atoms in total. The molecular weight excluding hydrogens is 470 g/mol. The van der Waals surface area contributed by atoms with Crippen molar-refractivity contribution < 1.29 is 0 Å². The highest BCUT2D eigenvalue weighted by molar-refractivity contribution is 6.00. The molecule has 5 aromatic rings. The van der Waals surface area contributed by atoms with Gasteiger partial charge >= 0.3 is 0 Å². The predicted octanol–water partition coefficient (Wildman–Crippen LogP) is 10.5. The third-order valence-electron chi connectivity index (χ3n) is 7.90. The van der Waals surface area contributed by atoms with Crippen LogP contribution in [0.3, 0.4) is 0 Å². The van der Waals surface area contributed by atoms with Crippen LogP contribution in [0, 0.1) is 27.7 Å². The Bertz CT molecular complexity index is 1630. The predicted molar refractivity (Wildman–Crippen MR) is 169 cm³/mol. The van der Waals surface area contributed by atoms with Crippen LogP contribution in [0.1, 0.15) is 50.1 Å². The van der Waals surface area contributed by atoms with Gasteiger partial charge in [-0.15, -0.1) is 0 Å². The maximum Gasteiger partial charge on any atom is 0.0464 e. The summed E-state index contributed by atoms with van der Waals surface area (Å²) in [6.07, 6.45) is 6.77. The first kappa shape index (κ1) is 24.7. The molecule has 0 heterocycles. The quantitative estimate of drug-likeness (QED) is 0.231. The van der Waals surface area contributed by atoms with E-state index in [0.29, 0.717) is 0 Å². The molecule has 190 valence electrons. The van der Waals surface area contributed by atoms with Gasteiger partial charge in [0.05, 0.1) is 0 Å². The molecule has 0 radical (unpaired) electrons. The minimum Gasteiger partial charge on any atom is -0.310 e. The van der Waals surface area contributed by atoms with Gasteiger partial charge in [-0.1, -0.05) is 84.9 Å². The largest absolute Gasteiger partial charge is 0.310 e. The van der Waals surface area contributed by atoms with Crippen LogP contribution < -0.4 is 4.90 Å². The Morgan fingerprint density at radius 3 is 1.41 bits per heavy atom. The SMILES string of the molecule is Cc1ccc(N(c2ccc(C=C3c4ccccc4C=Cc4ccccc43)cc2)c2ccc(C)c(C)c2)cc1C. The van der Waals surface area contributed by atoms with Crippen LogP contribution in [0.4, 0.5) is 17.1 Å². The molecule has 0 saturated carbocycles. The Morgan fingerprint density at radius 1 is 0.462 bits per heavy atom. The molecule has 0 spiro atoms. The Labute approximate surface area is 232 Å². The number of anilines is 3. The first-order valence-corrected chi connectivity index (χ1v) is 13.6. The van der Waals surface area contributed by atoms with Crippen molar-refractivity contribution in [3.8, 4) is 0 Å². The number of fused-ring (bicyclic) bond motifs is 2. The maximum absolute atomic E-state index is 2.36. The van der Waals surface area contributed by atoms with E-state index >= 15 is 0 Å². The van der Waals surface area contributed by atoms with E-state index in [4.69, 9.17) is 0 Å². The Morgan fingerprint density at radius 2 is 0.923 bits per heavy atom. The number of aryl methyl sites for hydroxylation is 4. The van der Waals surface area contributed by atoms with E-state index in [0.717, 1.165) is 5.69 Å². The van der Waals surface area contributed by atoms with Crippen LogP contribution in [0.2, 0.25) is 0 Å². The lowest BCUT2D eigenvalue weighted by atomic mass is 9.92. The fourth-order valence-corrected chi connectivity index (χ4v) is 5.32. The summed E-state index contributed by atoms with van der Waals surface area (Å²) in [6.45, 7) is 8.70. The molecule has 0 unspecified atom stereocenters. The summed E-state index contributed by atoms with van der Waals surface area (Å²) in [5, 5.41) is 0. The van der Waals surface area contributed by atoms with E-state index in [2.05, 4.69) is 160 Å². The van der Waals surface area contributed by atoms with Crippen molar-refractivity contribution in [2.45, 2.75) is 27.7 Å². The van der Waals surface area contributed by atoms with Gasteiger partial charge in [0.2, 0.25) is 0 Å². The molecule has 0 bridgehead atoms. The van der Waals surface area contributed by atoms with Crippen LogP contribution in [0.15, 0.2) is 109 Å². The summed E-state index contributed by atoms with van der Waals surface area (Å²) >= 11 is 0. The maximum atomic E-state index is 2.36. The molecule has 0 amide bonds. The normalized spacial score (nSPS) is 11.9. The summed E-state index contributed by atoms with van der Waals surface area (Å²) in [5.41, 5.74) is 16.1. The topological polar surface area (TPSA) is 3.24 Å². The highest BCUT2D eigenvalue weighted by Crippen LogP contribution is 2.38. The van der Waals surface area contributed by atoms with Gasteiger partial charge < -0.3 is 4.90 Å². The first-order valence-electron chi connectivity index (χ1n) is 13.6. The van der Waals surface area contributed by atoms with Crippen LogP contribution in [-0.2, 0) is 0 Å². The Hall–Kier alpha value is -4.62. The third kappa shape index (κ3) is 4.84. The van der Waals surface area contributed by atoms with Gasteiger partial charge in [0, 0.05) is 17.1 Å². The van der Waals surface area contributed by atoms with Crippen LogP contribution in [0.25, 0.3) is 23.8 Å². The molecule has 1 aliphatic rings. The van der Waals surface area contributed by atoms with Gasteiger partial charge in [-0.05, 0) is 126 Å². The minimum absolute atomic E-state index is 1.15. The number of hydrogen-bond donors (Lipinski definition) is 0. The van der Waals surface area contributed by atoms with Crippen LogP contribution >= 0.6 is 0 Å². The Balaban J connectivity index is 1.45. The molecule has 5 aromatic carbocycles. The average molecular weight is 504 g/mol. The number of benzene rings is 5. The van der Waals surface area contributed by atoms with Crippen molar-refractivity contribution in [1.29, 1.82) is 0 Å². The molecule has 0 aliphatic heterocycles. The standard InChI is InChI=1S/C38H33N/c1-26-13-19-34(23-28(26)3)39(35-20-14-27(2)29(4)24-35)33-21-15-30(16-22-33)25-38-36-11-7-5-9-31(36)17-18-32-10-6-8-12-37(32)38/h5-25H,1-4H3. The summed E-state index contributed by atoms with van der Waals surface area (Å²) in [7, 11) is 0. The van der Waals surface area contributed by atoms with Gasteiger partial charge in [-0.25, -0.2) is 0 Å². The molecule has 39 heavy (non-hydrogen) atoms. The second kappa shape index (κ2) is 10.3. The van der Waals surface area contributed by atoms with E-state index < -0.39 is 0 Å². The van der Waals surface area contributed by atoms with Gasteiger partial charge in [0.25, 0.3) is 0 Å². The van der Waals surface area contributed by atoms with Crippen molar-refractivity contribution in [3.63, 3.8) is 0 Å². The molecule has 1 aliphatic carbocycles. The van der Waals surface area contributed by atoms with Gasteiger partial charge in [-0.2, -0.15) is 0 Å². The van der Waals surface area contributed by atoms with E-state index in [1.165, 1.54) is 67.0 Å². The summed E-state index contributed by atoms with van der Waals surface area (Å²) in [5.74, 6) is 0. The molecule has 0 fully saturated rings. The van der Waals surface area contributed by atoms with E-state index in [9.17, 15) is 0 Å². The van der Waals surface area contributed by atoms with Crippen molar-refractivity contribution >= 4 is 40.9 Å². The number of hydrogen-bond acceptors (Lipinski definition) is 1. The van der Waals surface area contributed by atoms with Crippen LogP contribution in [0.5, 0.6) is 0 Å². The lowest BCUT2D eigenvalue weighted by molar-refractivity contribution is 1.23. The Kier molecular flexibility index (Phi) is 6.50.